The maximum Gasteiger partial charge on any atom is 0.234 e. The molecule has 1 fully saturated rings. The second kappa shape index (κ2) is 7.52. The van der Waals surface area contributed by atoms with Crippen molar-refractivity contribution in [2.45, 2.75) is 51.6 Å². The monoisotopic (exact) mass is 265 g/mol. The minimum atomic E-state index is 0.0283. The molecule has 4 heteroatoms. The third-order valence-corrected chi connectivity index (χ3v) is 3.35. The Balaban J connectivity index is 2.44. The van der Waals surface area contributed by atoms with E-state index in [1.165, 1.54) is 12.8 Å². The van der Waals surface area contributed by atoms with E-state index in [9.17, 15) is 4.79 Å². The lowest BCUT2D eigenvalue weighted by atomic mass is 10.0. The number of carbonyl (C=O) groups excluding carboxylic acids is 1. The van der Waals surface area contributed by atoms with Crippen LogP contribution in [-0.2, 0) is 4.79 Å². The Morgan fingerprint density at radius 1 is 1.42 bits per heavy atom. The van der Waals surface area contributed by atoms with Crippen molar-refractivity contribution in [3.63, 3.8) is 0 Å². The van der Waals surface area contributed by atoms with Gasteiger partial charge in [-0.1, -0.05) is 12.3 Å². The van der Waals surface area contributed by atoms with Gasteiger partial charge in [0.05, 0.1) is 13.1 Å². The molecule has 1 saturated heterocycles. The summed E-state index contributed by atoms with van der Waals surface area (Å²) in [6, 6.07) is 0.449. The summed E-state index contributed by atoms with van der Waals surface area (Å²) in [4.78, 5) is 14.0. The molecule has 4 nitrogen and oxygen atoms in total. The van der Waals surface area contributed by atoms with Gasteiger partial charge in [-0.3, -0.25) is 9.69 Å². The average Bonchev–Trinajstić information content (AvgIpc) is 2.34. The summed E-state index contributed by atoms with van der Waals surface area (Å²) in [5.74, 6) is 2.46. The van der Waals surface area contributed by atoms with Crippen molar-refractivity contribution in [3.8, 4) is 12.3 Å². The molecule has 1 heterocycles. The van der Waals surface area contributed by atoms with E-state index in [0.717, 1.165) is 19.5 Å². The van der Waals surface area contributed by atoms with E-state index in [4.69, 9.17) is 6.42 Å². The fourth-order valence-corrected chi connectivity index (χ4v) is 2.31. The number of nitrogens with zero attached hydrogens (tertiary/aromatic N) is 1. The molecule has 0 radical (unpaired) electrons. The summed E-state index contributed by atoms with van der Waals surface area (Å²) in [6.07, 6.45) is 8.73. The van der Waals surface area contributed by atoms with Gasteiger partial charge in [0.25, 0.3) is 0 Å². The first kappa shape index (κ1) is 16.0. The molecule has 2 N–H and O–H groups in total. The van der Waals surface area contributed by atoms with Crippen LogP contribution in [0.4, 0.5) is 0 Å². The van der Waals surface area contributed by atoms with Crippen LogP contribution >= 0.6 is 0 Å². The fourth-order valence-electron chi connectivity index (χ4n) is 2.31. The Hall–Kier alpha value is -1.05. The van der Waals surface area contributed by atoms with Crippen molar-refractivity contribution < 1.29 is 4.79 Å². The molecule has 1 unspecified atom stereocenters. The predicted molar refractivity (Wildman–Crippen MR) is 78.8 cm³/mol. The quantitative estimate of drug-likeness (QED) is 0.728. The van der Waals surface area contributed by atoms with Gasteiger partial charge < -0.3 is 10.6 Å². The Morgan fingerprint density at radius 3 is 2.79 bits per heavy atom. The van der Waals surface area contributed by atoms with Crippen LogP contribution in [0.5, 0.6) is 0 Å². The lowest BCUT2D eigenvalue weighted by Gasteiger charge is -2.37. The lowest BCUT2D eigenvalue weighted by Crippen LogP contribution is -2.52. The summed E-state index contributed by atoms with van der Waals surface area (Å²) < 4.78 is 0. The second-order valence-corrected chi connectivity index (χ2v) is 6.23. The highest BCUT2D eigenvalue weighted by molar-refractivity contribution is 5.78. The summed E-state index contributed by atoms with van der Waals surface area (Å²) in [5, 5.41) is 6.27. The molecule has 1 aliphatic rings. The van der Waals surface area contributed by atoms with E-state index in [0.29, 0.717) is 19.1 Å². The summed E-state index contributed by atoms with van der Waals surface area (Å²) in [7, 11) is 0. The zero-order valence-corrected chi connectivity index (χ0v) is 12.5. The zero-order valence-electron chi connectivity index (χ0n) is 12.5. The number of piperidine rings is 1. The Morgan fingerprint density at radius 2 is 2.16 bits per heavy atom. The normalized spacial score (nSPS) is 20.8. The smallest absolute Gasteiger partial charge is 0.234 e. The van der Waals surface area contributed by atoms with E-state index in [2.05, 4.69) is 42.2 Å². The first-order valence-electron chi connectivity index (χ1n) is 7.11. The largest absolute Gasteiger partial charge is 0.344 e. The molecule has 0 aromatic carbocycles. The van der Waals surface area contributed by atoms with Gasteiger partial charge in [-0.05, 0) is 40.2 Å². The van der Waals surface area contributed by atoms with Gasteiger partial charge in [-0.2, -0.15) is 0 Å². The highest BCUT2D eigenvalue weighted by Crippen LogP contribution is 2.16. The maximum atomic E-state index is 11.7. The van der Waals surface area contributed by atoms with Crippen LogP contribution in [0, 0.1) is 12.3 Å². The van der Waals surface area contributed by atoms with E-state index >= 15 is 0 Å². The molecule has 0 aliphatic carbocycles. The van der Waals surface area contributed by atoms with Crippen LogP contribution in [0.2, 0.25) is 0 Å². The molecule has 0 bridgehead atoms. The van der Waals surface area contributed by atoms with E-state index in [1.807, 2.05) is 0 Å². The molecule has 0 spiro atoms. The molecule has 0 aromatic rings. The molecule has 1 rings (SSSR count). The predicted octanol–water partition coefficient (Wildman–Crippen LogP) is 0.978. The van der Waals surface area contributed by atoms with Crippen LogP contribution < -0.4 is 10.6 Å². The van der Waals surface area contributed by atoms with E-state index < -0.39 is 0 Å². The topological polar surface area (TPSA) is 44.4 Å². The first-order valence-corrected chi connectivity index (χ1v) is 7.11. The summed E-state index contributed by atoms with van der Waals surface area (Å²) >= 11 is 0. The summed E-state index contributed by atoms with van der Waals surface area (Å²) in [6.45, 7) is 9.21. The van der Waals surface area contributed by atoms with E-state index in [1.54, 1.807) is 0 Å². The van der Waals surface area contributed by atoms with Crippen LogP contribution in [0.3, 0.4) is 0 Å². The van der Waals surface area contributed by atoms with Gasteiger partial charge >= 0.3 is 0 Å². The number of terminal acetylenes is 1. The number of hydrogen-bond donors (Lipinski definition) is 2. The molecule has 1 amide bonds. The van der Waals surface area contributed by atoms with Gasteiger partial charge in [0, 0.05) is 18.1 Å². The minimum Gasteiger partial charge on any atom is -0.344 e. The lowest BCUT2D eigenvalue weighted by molar-refractivity contribution is -0.122. The highest BCUT2D eigenvalue weighted by Gasteiger charge is 2.25. The Labute approximate surface area is 117 Å². The van der Waals surface area contributed by atoms with Gasteiger partial charge in [0.1, 0.15) is 0 Å². The Kier molecular flexibility index (Phi) is 6.33. The molecule has 0 saturated carbocycles. The molecular weight excluding hydrogens is 238 g/mol. The molecule has 19 heavy (non-hydrogen) atoms. The van der Waals surface area contributed by atoms with Crippen molar-refractivity contribution in [3.05, 3.63) is 0 Å². The van der Waals surface area contributed by atoms with Gasteiger partial charge in [-0.15, -0.1) is 6.42 Å². The Bertz CT molecular complexity index is 327. The van der Waals surface area contributed by atoms with Crippen LogP contribution in [0.15, 0.2) is 0 Å². The van der Waals surface area contributed by atoms with Crippen LogP contribution in [0.25, 0.3) is 0 Å². The number of hydrogen-bond acceptors (Lipinski definition) is 3. The third kappa shape index (κ3) is 6.60. The average molecular weight is 265 g/mol. The molecule has 1 aliphatic heterocycles. The van der Waals surface area contributed by atoms with Crippen molar-refractivity contribution in [1.29, 1.82) is 0 Å². The number of nitrogens with one attached hydrogen (secondary N) is 2. The van der Waals surface area contributed by atoms with Crippen molar-refractivity contribution >= 4 is 5.91 Å². The third-order valence-electron chi connectivity index (χ3n) is 3.35. The molecule has 0 aromatic heterocycles. The number of amides is 1. The molecule has 1 atom stereocenters. The van der Waals surface area contributed by atoms with Crippen LogP contribution in [-0.4, -0.2) is 48.6 Å². The highest BCUT2D eigenvalue weighted by atomic mass is 16.2. The van der Waals surface area contributed by atoms with Crippen LogP contribution in [0.1, 0.15) is 40.0 Å². The van der Waals surface area contributed by atoms with Gasteiger partial charge in [0.2, 0.25) is 5.91 Å². The van der Waals surface area contributed by atoms with E-state index in [-0.39, 0.29) is 11.4 Å². The second-order valence-electron chi connectivity index (χ2n) is 6.23. The van der Waals surface area contributed by atoms with Crippen molar-refractivity contribution in [1.82, 2.24) is 15.5 Å². The number of likely N-dealkylation sites (tertiary alicyclic amines) is 1. The number of carbonyl (C=O) groups is 1. The van der Waals surface area contributed by atoms with Crippen molar-refractivity contribution in [2.24, 2.45) is 0 Å². The zero-order chi connectivity index (χ0) is 14.3. The fraction of sp³-hybridized carbons (Fsp3) is 0.800. The maximum absolute atomic E-state index is 11.7. The standard InChI is InChI=1S/C15H27N3O/c1-5-9-16-14(19)12-18-10-7-6-8-13(18)11-17-15(2,3)4/h1,13,17H,6-12H2,2-4H3,(H,16,19). The van der Waals surface area contributed by atoms with Crippen molar-refractivity contribution in [2.75, 3.05) is 26.2 Å². The SMILES string of the molecule is C#CCNC(=O)CN1CCCCC1CNC(C)(C)C. The molecular formula is C15H27N3O. The van der Waals surface area contributed by atoms with Gasteiger partial charge in [0.15, 0.2) is 0 Å². The van der Waals surface area contributed by atoms with Gasteiger partial charge in [-0.25, -0.2) is 0 Å². The molecule has 108 valence electrons. The summed E-state index contributed by atoms with van der Waals surface area (Å²) in [5.41, 5.74) is 0.120. The minimum absolute atomic E-state index is 0.0283. The first-order chi connectivity index (χ1) is 8.92. The number of rotatable bonds is 5.